The number of nitrogens with one attached hydrogen (secondary N) is 3. The number of aromatic nitrogens is 3. The van der Waals surface area contributed by atoms with Crippen molar-refractivity contribution in [3.8, 4) is 11.4 Å². The average molecular weight is 538 g/mol. The molecule has 4 aromatic rings. The number of aromatic amines is 1. The predicted octanol–water partition coefficient (Wildman–Crippen LogP) is 6.17. The van der Waals surface area contributed by atoms with E-state index in [9.17, 15) is 14.7 Å². The first-order chi connectivity index (χ1) is 19.3. The Morgan fingerprint density at radius 2 is 1.82 bits per heavy atom. The Morgan fingerprint density at radius 1 is 1.00 bits per heavy atom. The molecule has 4 N–H and O–H groups in total. The minimum Gasteiger partial charge on any atom is -0.390 e. The second-order valence-electron chi connectivity index (χ2n) is 11.6. The number of imidazole rings is 1. The number of benzene rings is 2. The van der Waals surface area contributed by atoms with Crippen LogP contribution >= 0.6 is 0 Å². The zero-order chi connectivity index (χ0) is 27.9. The van der Waals surface area contributed by atoms with Crippen molar-refractivity contribution in [1.29, 1.82) is 0 Å². The number of pyridine rings is 1. The number of anilines is 2. The van der Waals surface area contributed by atoms with Gasteiger partial charge < -0.3 is 20.7 Å². The second kappa shape index (κ2) is 10.2. The predicted molar refractivity (Wildman–Crippen MR) is 156 cm³/mol. The molecular weight excluding hydrogens is 502 g/mol. The van der Waals surface area contributed by atoms with Crippen molar-refractivity contribution in [1.82, 2.24) is 15.0 Å². The fraction of sp³-hybridized carbons (Fsp3) is 0.375. The Balaban J connectivity index is 1.18. The maximum atomic E-state index is 13.7. The van der Waals surface area contributed by atoms with E-state index in [0.29, 0.717) is 36.0 Å². The molecule has 6 rings (SSSR count). The third kappa shape index (κ3) is 4.77. The standard InChI is InChI=1S/C32H35N5O3/c1-3-20-16-31(40)18-23(4-2)32(17-20,19-31)30(39)34-24-11-8-21(9-12-24)28-35-25-13-10-22(15-26(25)36-28)29(38)37-27-7-5-6-14-33-27/h5-15,20,23,40H,3-4,16-19H2,1-2H3,(H,34,39)(H,35,36)(H,33,37,38). The van der Waals surface area contributed by atoms with Crippen LogP contribution in [0.3, 0.4) is 0 Å². The molecule has 2 aromatic carbocycles. The van der Waals surface area contributed by atoms with Gasteiger partial charge in [0.15, 0.2) is 0 Å². The molecule has 206 valence electrons. The molecule has 8 heteroatoms. The van der Waals surface area contributed by atoms with Crippen LogP contribution in [-0.2, 0) is 4.79 Å². The third-order valence-electron chi connectivity index (χ3n) is 8.96. The van der Waals surface area contributed by atoms with Crippen LogP contribution in [-0.4, -0.2) is 37.5 Å². The number of H-pyrrole nitrogens is 1. The van der Waals surface area contributed by atoms with Gasteiger partial charge in [0.05, 0.1) is 22.0 Å². The molecule has 4 atom stereocenters. The Hall–Kier alpha value is -4.04. The van der Waals surface area contributed by atoms with Gasteiger partial charge >= 0.3 is 0 Å². The van der Waals surface area contributed by atoms with Crippen LogP contribution in [0.4, 0.5) is 11.5 Å². The van der Waals surface area contributed by atoms with E-state index in [1.165, 1.54) is 0 Å². The van der Waals surface area contributed by atoms with Gasteiger partial charge in [0.1, 0.15) is 11.6 Å². The average Bonchev–Trinajstić information content (AvgIpc) is 3.49. The fourth-order valence-electron chi connectivity index (χ4n) is 7.04. The van der Waals surface area contributed by atoms with Crippen LogP contribution in [0.5, 0.6) is 0 Å². The number of rotatable bonds is 7. The maximum Gasteiger partial charge on any atom is 0.256 e. The van der Waals surface area contributed by atoms with Gasteiger partial charge in [-0.3, -0.25) is 9.59 Å². The first-order valence-corrected chi connectivity index (χ1v) is 14.2. The number of hydrogen-bond acceptors (Lipinski definition) is 5. The summed E-state index contributed by atoms with van der Waals surface area (Å²) in [7, 11) is 0. The number of nitrogens with zero attached hydrogens (tertiary/aromatic N) is 2. The number of carbonyl (C=O) groups is 2. The van der Waals surface area contributed by atoms with Gasteiger partial charge in [-0.1, -0.05) is 32.8 Å². The second-order valence-corrected chi connectivity index (χ2v) is 11.6. The van der Waals surface area contributed by atoms with Gasteiger partial charge in [0.2, 0.25) is 5.91 Å². The first kappa shape index (κ1) is 26.2. The van der Waals surface area contributed by atoms with Gasteiger partial charge in [-0.15, -0.1) is 0 Å². The SMILES string of the molecule is CCC1CC2(O)CC(CC)C(C(=O)Nc3ccc(-c4nc5ccc(C(=O)Nc6ccccn6)cc5[nH]4)cc3)(C1)C2. The minimum atomic E-state index is -0.721. The highest BCUT2D eigenvalue weighted by molar-refractivity contribution is 6.05. The van der Waals surface area contributed by atoms with Gasteiger partial charge in [0, 0.05) is 23.0 Å². The molecule has 2 aliphatic rings. The summed E-state index contributed by atoms with van der Waals surface area (Å²) in [5.41, 5.74) is 2.38. The summed E-state index contributed by atoms with van der Waals surface area (Å²) in [6.45, 7) is 4.28. The molecule has 2 heterocycles. The molecule has 2 aliphatic carbocycles. The number of fused-ring (bicyclic) bond motifs is 3. The molecule has 2 saturated carbocycles. The smallest absolute Gasteiger partial charge is 0.256 e. The monoisotopic (exact) mass is 537 g/mol. The highest BCUT2D eigenvalue weighted by Gasteiger charge is 2.61. The largest absolute Gasteiger partial charge is 0.390 e. The molecule has 2 amide bonds. The quantitative estimate of drug-likeness (QED) is 0.225. The molecule has 8 nitrogen and oxygen atoms in total. The summed E-state index contributed by atoms with van der Waals surface area (Å²) < 4.78 is 0. The lowest BCUT2D eigenvalue weighted by atomic mass is 9.65. The molecule has 0 radical (unpaired) electrons. The van der Waals surface area contributed by atoms with Crippen LogP contribution in [0.25, 0.3) is 22.4 Å². The zero-order valence-corrected chi connectivity index (χ0v) is 22.9. The Labute approximate surface area is 233 Å². The van der Waals surface area contributed by atoms with Crippen LogP contribution in [0.2, 0.25) is 0 Å². The zero-order valence-electron chi connectivity index (χ0n) is 22.9. The van der Waals surface area contributed by atoms with E-state index in [1.807, 2.05) is 36.4 Å². The Morgan fingerprint density at radius 3 is 2.55 bits per heavy atom. The van der Waals surface area contributed by atoms with Crippen LogP contribution in [0, 0.1) is 17.3 Å². The number of carbonyl (C=O) groups excluding carboxylic acids is 2. The van der Waals surface area contributed by atoms with Gasteiger partial charge in [-0.05, 0) is 92.1 Å². The fourth-order valence-corrected chi connectivity index (χ4v) is 7.04. The van der Waals surface area contributed by atoms with E-state index in [1.54, 1.807) is 30.5 Å². The highest BCUT2D eigenvalue weighted by atomic mass is 16.3. The van der Waals surface area contributed by atoms with Crippen LogP contribution in [0.15, 0.2) is 66.9 Å². The molecule has 2 bridgehead atoms. The van der Waals surface area contributed by atoms with E-state index >= 15 is 0 Å². The number of aliphatic hydroxyl groups is 1. The van der Waals surface area contributed by atoms with Crippen molar-refractivity contribution < 1.29 is 14.7 Å². The van der Waals surface area contributed by atoms with Gasteiger partial charge in [-0.2, -0.15) is 0 Å². The van der Waals surface area contributed by atoms with Gasteiger partial charge in [0.25, 0.3) is 5.91 Å². The van der Waals surface area contributed by atoms with E-state index in [-0.39, 0.29) is 17.7 Å². The van der Waals surface area contributed by atoms with Crippen molar-refractivity contribution in [2.24, 2.45) is 17.3 Å². The molecule has 2 aromatic heterocycles. The lowest BCUT2D eigenvalue weighted by Gasteiger charge is -2.41. The number of amides is 2. The number of hydrogen-bond donors (Lipinski definition) is 4. The molecule has 0 saturated heterocycles. The molecule has 40 heavy (non-hydrogen) atoms. The first-order valence-electron chi connectivity index (χ1n) is 14.2. The summed E-state index contributed by atoms with van der Waals surface area (Å²) in [5, 5.41) is 17.2. The molecule has 0 aliphatic heterocycles. The van der Waals surface area contributed by atoms with E-state index < -0.39 is 11.0 Å². The molecule has 0 spiro atoms. The highest BCUT2D eigenvalue weighted by Crippen LogP contribution is 2.60. The molecular formula is C32H35N5O3. The lowest BCUT2D eigenvalue weighted by molar-refractivity contribution is -0.132. The van der Waals surface area contributed by atoms with Crippen LogP contribution in [0.1, 0.15) is 62.7 Å². The van der Waals surface area contributed by atoms with E-state index in [4.69, 9.17) is 4.98 Å². The summed E-state index contributed by atoms with van der Waals surface area (Å²) in [6.07, 6.45) is 6.42. The lowest BCUT2D eigenvalue weighted by Crippen LogP contribution is -2.45. The van der Waals surface area contributed by atoms with Gasteiger partial charge in [-0.25, -0.2) is 9.97 Å². The summed E-state index contributed by atoms with van der Waals surface area (Å²) >= 11 is 0. The van der Waals surface area contributed by atoms with E-state index in [0.717, 1.165) is 48.0 Å². The summed E-state index contributed by atoms with van der Waals surface area (Å²) in [5.74, 6) is 1.52. The molecule has 4 unspecified atom stereocenters. The van der Waals surface area contributed by atoms with Crippen molar-refractivity contribution in [2.45, 2.75) is 58.0 Å². The van der Waals surface area contributed by atoms with Crippen molar-refractivity contribution in [3.05, 3.63) is 72.4 Å². The molecule has 2 fully saturated rings. The topological polar surface area (TPSA) is 120 Å². The summed E-state index contributed by atoms with van der Waals surface area (Å²) in [6, 6.07) is 18.3. The summed E-state index contributed by atoms with van der Waals surface area (Å²) in [4.78, 5) is 38.5. The Kier molecular flexibility index (Phi) is 6.66. The minimum absolute atomic E-state index is 0.0291. The van der Waals surface area contributed by atoms with E-state index in [2.05, 4.69) is 34.4 Å². The van der Waals surface area contributed by atoms with Crippen molar-refractivity contribution >= 4 is 34.4 Å². The van der Waals surface area contributed by atoms with Crippen molar-refractivity contribution in [3.63, 3.8) is 0 Å². The maximum absolute atomic E-state index is 13.7. The van der Waals surface area contributed by atoms with Crippen LogP contribution < -0.4 is 10.6 Å². The third-order valence-corrected chi connectivity index (χ3v) is 8.96. The Bertz CT molecular complexity index is 1550. The van der Waals surface area contributed by atoms with Crippen molar-refractivity contribution in [2.75, 3.05) is 10.6 Å². The normalized spacial score (nSPS) is 25.6.